The van der Waals surface area contributed by atoms with Crippen molar-refractivity contribution in [3.8, 4) is 32.6 Å². The molecule has 4 nitrogen and oxygen atoms in total. The first-order chi connectivity index (χ1) is 15.7. The van der Waals surface area contributed by atoms with Crippen molar-refractivity contribution in [2.45, 2.75) is 0 Å². The van der Waals surface area contributed by atoms with Crippen molar-refractivity contribution >= 4 is 88.6 Å². The average molecular weight is 542 g/mol. The van der Waals surface area contributed by atoms with Gasteiger partial charge in [-0.25, -0.2) is 0 Å². The first kappa shape index (κ1) is 23.9. The smallest absolute Gasteiger partial charge is 0.872 e. The van der Waals surface area contributed by atoms with Crippen LogP contribution in [-0.2, 0) is 0 Å². The van der Waals surface area contributed by atoms with Gasteiger partial charge < -0.3 is 10.2 Å². The Balaban J connectivity index is 0.000000152. The van der Waals surface area contributed by atoms with Gasteiger partial charge in [0.05, 0.1) is 0 Å². The number of hydrogen-bond donors (Lipinski definition) is 0. The van der Waals surface area contributed by atoms with Gasteiger partial charge in [0.2, 0.25) is 11.0 Å². The number of rotatable bonds is 2. The van der Waals surface area contributed by atoms with Gasteiger partial charge in [0.1, 0.15) is 9.40 Å². The predicted octanol–water partition coefficient (Wildman–Crippen LogP) is 4.53. The van der Waals surface area contributed by atoms with E-state index in [0.29, 0.717) is 0 Å². The van der Waals surface area contributed by atoms with Crippen molar-refractivity contribution < 1.29 is 20.2 Å². The van der Waals surface area contributed by atoms with Crippen molar-refractivity contribution in [1.82, 2.24) is 0 Å². The number of para-hydroxylation sites is 4. The molecule has 0 amide bonds. The van der Waals surface area contributed by atoms with Crippen LogP contribution in [0.25, 0.3) is 41.6 Å². The van der Waals surface area contributed by atoms with Gasteiger partial charge in [-0.1, -0.05) is 94.8 Å². The molecule has 0 spiro atoms. The molecule has 7 heteroatoms. The van der Waals surface area contributed by atoms with Crippen molar-refractivity contribution in [1.29, 1.82) is 0 Å². The van der Waals surface area contributed by atoms with E-state index >= 15 is 0 Å². The molecule has 156 valence electrons. The monoisotopic (exact) mass is 542 g/mol. The zero-order valence-corrected chi connectivity index (χ0v) is 22.7. The van der Waals surface area contributed by atoms with Crippen LogP contribution in [0.4, 0.5) is 0 Å². The third-order valence-electron chi connectivity index (χ3n) is 4.96. The third kappa shape index (κ3) is 5.30. The maximum Gasteiger partial charge on any atom is 2.00 e. The summed E-state index contributed by atoms with van der Waals surface area (Å²) in [7, 11) is 0. The second-order valence-electron chi connectivity index (χ2n) is 7.10. The van der Waals surface area contributed by atoms with Crippen LogP contribution in [0.1, 0.15) is 0 Å². The molecular formula is C26H18N2O2S2Sr+2. The Morgan fingerprint density at radius 1 is 0.485 bits per heavy atom. The molecule has 0 fully saturated rings. The predicted molar refractivity (Wildman–Crippen MR) is 132 cm³/mol. The molecule has 0 aliphatic carbocycles. The van der Waals surface area contributed by atoms with Gasteiger partial charge in [-0.05, 0) is 24.3 Å². The molecule has 0 unspecified atom stereocenters. The Hall–Kier alpha value is -2.26. The number of aromatic amines is 2. The largest absolute Gasteiger partial charge is 2.00 e. The van der Waals surface area contributed by atoms with E-state index in [2.05, 4.69) is 9.97 Å². The quantitative estimate of drug-likeness (QED) is 0.302. The summed E-state index contributed by atoms with van der Waals surface area (Å²) in [5.41, 5.74) is 3.63. The topological polar surface area (TPSA) is 74.4 Å². The van der Waals surface area contributed by atoms with E-state index in [1.807, 2.05) is 72.8 Å². The molecule has 6 rings (SSSR count). The van der Waals surface area contributed by atoms with Gasteiger partial charge in [-0.3, -0.25) is 0 Å². The molecule has 2 N–H and O–H groups in total. The number of fused-ring (bicyclic) bond motifs is 2. The van der Waals surface area contributed by atoms with Crippen molar-refractivity contribution in [3.05, 3.63) is 97.1 Å². The van der Waals surface area contributed by atoms with E-state index in [1.165, 1.54) is 9.40 Å². The summed E-state index contributed by atoms with van der Waals surface area (Å²) in [6, 6.07) is 30.3. The number of H-pyrrole nitrogens is 2. The molecule has 0 radical (unpaired) electrons. The Kier molecular flexibility index (Phi) is 7.80. The van der Waals surface area contributed by atoms with E-state index in [4.69, 9.17) is 0 Å². The van der Waals surface area contributed by atoms with Crippen LogP contribution in [0.5, 0.6) is 11.5 Å². The summed E-state index contributed by atoms with van der Waals surface area (Å²) in [6.45, 7) is 0. The first-order valence-corrected chi connectivity index (χ1v) is 11.7. The molecule has 6 aromatic rings. The van der Waals surface area contributed by atoms with E-state index in [9.17, 15) is 10.2 Å². The normalized spacial score (nSPS) is 10.4. The molecule has 0 aliphatic heterocycles. The molecule has 33 heavy (non-hydrogen) atoms. The van der Waals surface area contributed by atoms with Gasteiger partial charge >= 0.3 is 45.5 Å². The fourth-order valence-corrected chi connectivity index (χ4v) is 5.46. The van der Waals surface area contributed by atoms with Crippen LogP contribution in [0.15, 0.2) is 97.1 Å². The maximum absolute atomic E-state index is 11.7. The summed E-state index contributed by atoms with van der Waals surface area (Å²) >= 11 is 3.22. The molecule has 4 aromatic carbocycles. The Morgan fingerprint density at radius 3 is 1.24 bits per heavy atom. The van der Waals surface area contributed by atoms with Crippen LogP contribution in [0.2, 0.25) is 0 Å². The molecular weight excluding hydrogens is 524 g/mol. The standard InChI is InChI=1S/2C13H9NOS.Sr/c2*15-11-7-3-1-5-9(11)13-14-10-6-2-4-8-12(10)16-13;/h2*1-8,15H;/q;;+2. The number of hydrogen-bond acceptors (Lipinski definition) is 4. The Labute approximate surface area is 236 Å². The van der Waals surface area contributed by atoms with Gasteiger partial charge in [-0.2, -0.15) is 9.97 Å². The summed E-state index contributed by atoms with van der Waals surface area (Å²) in [5, 5.41) is 25.2. The van der Waals surface area contributed by atoms with E-state index < -0.39 is 0 Å². The number of nitrogens with one attached hydrogen (secondary N) is 2. The zero-order valence-electron chi connectivity index (χ0n) is 17.6. The number of benzene rings is 4. The van der Waals surface area contributed by atoms with Crippen molar-refractivity contribution in [2.24, 2.45) is 0 Å². The van der Waals surface area contributed by atoms with E-state index in [0.717, 1.165) is 32.2 Å². The Morgan fingerprint density at radius 2 is 0.848 bits per heavy atom. The van der Waals surface area contributed by atoms with Crippen molar-refractivity contribution in [2.75, 3.05) is 0 Å². The summed E-state index contributed by atoms with van der Waals surface area (Å²) in [5.74, 6) is 0.121. The minimum atomic E-state index is 0. The molecule has 0 atom stereocenters. The van der Waals surface area contributed by atoms with E-state index in [-0.39, 0.29) is 57.0 Å². The minimum Gasteiger partial charge on any atom is -0.872 e. The van der Waals surface area contributed by atoms with Gasteiger partial charge in [0, 0.05) is 23.3 Å². The second kappa shape index (κ2) is 10.8. The average Bonchev–Trinajstić information content (AvgIpc) is 3.44. The summed E-state index contributed by atoms with van der Waals surface area (Å²) in [4.78, 5) is 6.54. The molecule has 0 saturated carbocycles. The van der Waals surface area contributed by atoms with Crippen molar-refractivity contribution in [3.63, 3.8) is 0 Å². The van der Waals surface area contributed by atoms with Crippen LogP contribution >= 0.6 is 22.7 Å². The first-order valence-electron chi connectivity index (χ1n) is 10.0. The molecule has 2 heterocycles. The minimum absolute atomic E-state index is 0. The fourth-order valence-electron chi connectivity index (χ4n) is 3.39. The maximum atomic E-state index is 11.7. The molecule has 0 saturated heterocycles. The number of aromatic nitrogens is 2. The van der Waals surface area contributed by atoms with Gasteiger partial charge in [0.25, 0.3) is 10.0 Å². The molecule has 0 bridgehead atoms. The molecule has 2 aromatic heterocycles. The summed E-state index contributed by atoms with van der Waals surface area (Å²) in [6.07, 6.45) is 0. The Bertz CT molecular complexity index is 1350. The van der Waals surface area contributed by atoms with Crippen LogP contribution < -0.4 is 20.2 Å². The van der Waals surface area contributed by atoms with Crippen LogP contribution in [-0.4, -0.2) is 45.5 Å². The SMILES string of the molecule is [O-]c1ccccc1-c1[nH+]c2ccccc2s1.[O-]c1ccccc1-c1[nH+]c2ccccc2s1.[Sr+2]. The van der Waals surface area contributed by atoms with E-state index in [1.54, 1.807) is 46.9 Å². The zero-order chi connectivity index (χ0) is 21.9. The van der Waals surface area contributed by atoms with Gasteiger partial charge in [-0.15, -0.1) is 0 Å². The third-order valence-corrected chi connectivity index (χ3v) is 7.16. The van der Waals surface area contributed by atoms with Gasteiger partial charge in [0.15, 0.2) is 0 Å². The van der Waals surface area contributed by atoms with Crippen LogP contribution in [0, 0.1) is 0 Å². The fraction of sp³-hybridized carbons (Fsp3) is 0. The number of thiazole rings is 2. The second-order valence-corrected chi connectivity index (χ2v) is 9.20. The summed E-state index contributed by atoms with van der Waals surface area (Å²) < 4.78 is 2.33. The van der Waals surface area contributed by atoms with Crippen LogP contribution in [0.3, 0.4) is 0 Å². The molecule has 0 aliphatic rings.